The van der Waals surface area contributed by atoms with Crippen LogP contribution in [0.1, 0.15) is 54.4 Å². The van der Waals surface area contributed by atoms with Crippen molar-refractivity contribution in [2.45, 2.75) is 44.1 Å². The first-order valence-electron chi connectivity index (χ1n) is 9.19. The molecule has 4 rings (SSSR count). The van der Waals surface area contributed by atoms with E-state index in [0.29, 0.717) is 11.3 Å². The quantitative estimate of drug-likeness (QED) is 0.837. The van der Waals surface area contributed by atoms with E-state index in [1.165, 1.54) is 18.4 Å². The van der Waals surface area contributed by atoms with Crippen LogP contribution in [0.25, 0.3) is 0 Å². The maximum atomic E-state index is 13.2. The van der Waals surface area contributed by atoms with Gasteiger partial charge in [-0.3, -0.25) is 4.79 Å². The Morgan fingerprint density at radius 1 is 1.00 bits per heavy atom. The van der Waals surface area contributed by atoms with Gasteiger partial charge in [0.2, 0.25) is 5.78 Å². The summed E-state index contributed by atoms with van der Waals surface area (Å²) in [5.74, 6) is 0.809. The third-order valence-corrected chi connectivity index (χ3v) is 5.79. The summed E-state index contributed by atoms with van der Waals surface area (Å²) in [6.07, 6.45) is 4.48. The topological polar surface area (TPSA) is 41.5 Å². The van der Waals surface area contributed by atoms with Gasteiger partial charge in [0.05, 0.1) is 11.5 Å². The first-order valence-corrected chi connectivity index (χ1v) is 9.19. The van der Waals surface area contributed by atoms with Gasteiger partial charge in [-0.2, -0.15) is 5.10 Å². The zero-order chi connectivity index (χ0) is 17.3. The molecule has 1 atom stereocenters. The maximum Gasteiger partial charge on any atom is 0.209 e. The highest BCUT2D eigenvalue weighted by Gasteiger charge is 2.49. The SMILES string of the molecule is CC1CCC2(CC1)NN=C(C(=O)c1ccccc1)C2c1ccccc1. The van der Waals surface area contributed by atoms with Gasteiger partial charge in [-0.25, -0.2) is 0 Å². The van der Waals surface area contributed by atoms with E-state index >= 15 is 0 Å². The van der Waals surface area contributed by atoms with E-state index in [9.17, 15) is 4.79 Å². The number of hydrogen-bond donors (Lipinski definition) is 1. The first kappa shape index (κ1) is 16.1. The van der Waals surface area contributed by atoms with E-state index in [-0.39, 0.29) is 17.2 Å². The van der Waals surface area contributed by atoms with E-state index in [0.717, 1.165) is 18.8 Å². The van der Waals surface area contributed by atoms with Crippen LogP contribution in [-0.4, -0.2) is 17.0 Å². The van der Waals surface area contributed by atoms with Gasteiger partial charge in [0, 0.05) is 5.56 Å². The first-order chi connectivity index (χ1) is 12.2. The van der Waals surface area contributed by atoms with Crippen LogP contribution in [0.3, 0.4) is 0 Å². The number of carbonyl (C=O) groups excluding carboxylic acids is 1. The lowest BCUT2D eigenvalue weighted by atomic mass is 9.67. The van der Waals surface area contributed by atoms with Gasteiger partial charge in [0.15, 0.2) is 0 Å². The molecular weight excluding hydrogens is 308 g/mol. The second-order valence-electron chi connectivity index (χ2n) is 7.49. The molecule has 1 heterocycles. The van der Waals surface area contributed by atoms with Crippen molar-refractivity contribution >= 4 is 11.5 Å². The van der Waals surface area contributed by atoms with Crippen molar-refractivity contribution in [3.8, 4) is 0 Å². The number of benzene rings is 2. The van der Waals surface area contributed by atoms with Gasteiger partial charge < -0.3 is 5.43 Å². The Morgan fingerprint density at radius 2 is 1.60 bits per heavy atom. The predicted octanol–water partition coefficient (Wildman–Crippen LogP) is 4.56. The molecule has 1 fully saturated rings. The molecule has 1 aliphatic heterocycles. The number of carbonyl (C=O) groups is 1. The summed E-state index contributed by atoms with van der Waals surface area (Å²) in [5.41, 5.74) is 5.85. The van der Waals surface area contributed by atoms with Crippen LogP contribution in [0.4, 0.5) is 0 Å². The standard InChI is InChI=1S/C22H24N2O/c1-16-12-14-22(15-13-16)19(17-8-4-2-5-9-17)20(23-24-22)21(25)18-10-6-3-7-11-18/h2-11,16,19,24H,12-15H2,1H3. The molecule has 25 heavy (non-hydrogen) atoms. The van der Waals surface area contributed by atoms with Crippen molar-refractivity contribution in [3.05, 3.63) is 71.8 Å². The minimum Gasteiger partial charge on any atom is -0.303 e. The van der Waals surface area contributed by atoms with Crippen molar-refractivity contribution in [1.82, 2.24) is 5.43 Å². The monoisotopic (exact) mass is 332 g/mol. The Labute approximate surface area is 149 Å². The normalized spacial score (nSPS) is 28.4. The summed E-state index contributed by atoms with van der Waals surface area (Å²) in [4.78, 5) is 13.2. The number of nitrogens with one attached hydrogen (secondary N) is 1. The largest absolute Gasteiger partial charge is 0.303 e. The minimum absolute atomic E-state index is 0.0221. The zero-order valence-corrected chi connectivity index (χ0v) is 14.6. The third-order valence-electron chi connectivity index (χ3n) is 5.79. The van der Waals surface area contributed by atoms with Gasteiger partial charge >= 0.3 is 0 Å². The van der Waals surface area contributed by atoms with E-state index in [1.807, 2.05) is 36.4 Å². The number of nitrogens with zero attached hydrogens (tertiary/aromatic N) is 1. The van der Waals surface area contributed by atoms with Gasteiger partial charge in [-0.05, 0) is 37.2 Å². The molecule has 1 aliphatic carbocycles. The van der Waals surface area contributed by atoms with Crippen molar-refractivity contribution in [2.24, 2.45) is 11.0 Å². The molecule has 2 aliphatic rings. The molecule has 1 N–H and O–H groups in total. The fourth-order valence-electron chi connectivity index (χ4n) is 4.28. The number of ketones is 1. The summed E-state index contributed by atoms with van der Waals surface area (Å²) in [5, 5.41) is 4.59. The second kappa shape index (κ2) is 6.47. The highest BCUT2D eigenvalue weighted by atomic mass is 16.1. The lowest BCUT2D eigenvalue weighted by molar-refractivity contribution is 0.106. The van der Waals surface area contributed by atoms with E-state index < -0.39 is 0 Å². The zero-order valence-electron chi connectivity index (χ0n) is 14.6. The summed E-state index contributed by atoms with van der Waals surface area (Å²) in [6.45, 7) is 2.32. The number of Topliss-reactive ketones (excluding diaryl/α,β-unsaturated/α-hetero) is 1. The molecule has 1 saturated carbocycles. The maximum absolute atomic E-state index is 13.2. The fraction of sp³-hybridized carbons (Fsp3) is 0.364. The molecule has 3 nitrogen and oxygen atoms in total. The van der Waals surface area contributed by atoms with Gasteiger partial charge in [-0.1, -0.05) is 67.6 Å². The Morgan fingerprint density at radius 3 is 2.24 bits per heavy atom. The minimum atomic E-state index is -0.117. The molecule has 1 unspecified atom stereocenters. The number of rotatable bonds is 3. The molecule has 3 heteroatoms. The number of hydrazone groups is 1. The van der Waals surface area contributed by atoms with Crippen molar-refractivity contribution < 1.29 is 4.79 Å². The summed E-state index contributed by atoms with van der Waals surface area (Å²) in [7, 11) is 0. The average Bonchev–Trinajstić information content (AvgIpc) is 3.04. The van der Waals surface area contributed by atoms with E-state index in [1.54, 1.807) is 0 Å². The van der Waals surface area contributed by atoms with E-state index in [4.69, 9.17) is 0 Å². The highest BCUT2D eigenvalue weighted by molar-refractivity contribution is 6.48. The van der Waals surface area contributed by atoms with Crippen LogP contribution >= 0.6 is 0 Å². The molecule has 2 aromatic carbocycles. The van der Waals surface area contributed by atoms with Gasteiger partial charge in [-0.15, -0.1) is 0 Å². The molecule has 0 amide bonds. The summed E-state index contributed by atoms with van der Waals surface area (Å²) < 4.78 is 0. The van der Waals surface area contributed by atoms with Crippen molar-refractivity contribution in [3.63, 3.8) is 0 Å². The smallest absolute Gasteiger partial charge is 0.209 e. The van der Waals surface area contributed by atoms with E-state index in [2.05, 4.69) is 41.7 Å². The number of hydrogen-bond acceptors (Lipinski definition) is 3. The van der Waals surface area contributed by atoms with Crippen LogP contribution in [0.2, 0.25) is 0 Å². The van der Waals surface area contributed by atoms with Crippen LogP contribution in [-0.2, 0) is 0 Å². The third kappa shape index (κ3) is 2.88. The van der Waals surface area contributed by atoms with Crippen LogP contribution in [0, 0.1) is 5.92 Å². The Bertz CT molecular complexity index is 774. The summed E-state index contributed by atoms with van der Waals surface area (Å²) in [6, 6.07) is 19.9. The summed E-state index contributed by atoms with van der Waals surface area (Å²) >= 11 is 0. The molecule has 0 radical (unpaired) electrons. The molecule has 0 aromatic heterocycles. The Balaban J connectivity index is 1.73. The fourth-order valence-corrected chi connectivity index (χ4v) is 4.28. The second-order valence-corrected chi connectivity index (χ2v) is 7.49. The lowest BCUT2D eigenvalue weighted by Gasteiger charge is -2.40. The predicted molar refractivity (Wildman–Crippen MR) is 101 cm³/mol. The van der Waals surface area contributed by atoms with Crippen LogP contribution in [0.5, 0.6) is 0 Å². The molecule has 128 valence electrons. The average molecular weight is 332 g/mol. The Kier molecular flexibility index (Phi) is 4.16. The molecule has 0 bridgehead atoms. The molecule has 1 spiro atoms. The van der Waals surface area contributed by atoms with Crippen LogP contribution in [0.15, 0.2) is 65.8 Å². The molecule has 2 aromatic rings. The highest BCUT2D eigenvalue weighted by Crippen LogP contribution is 2.45. The molecule has 0 saturated heterocycles. The van der Waals surface area contributed by atoms with Crippen molar-refractivity contribution in [1.29, 1.82) is 0 Å². The molecular formula is C22H24N2O. The lowest BCUT2D eigenvalue weighted by Crippen LogP contribution is -2.48. The van der Waals surface area contributed by atoms with Gasteiger partial charge in [0.1, 0.15) is 5.71 Å². The van der Waals surface area contributed by atoms with Gasteiger partial charge in [0.25, 0.3) is 0 Å². The van der Waals surface area contributed by atoms with Crippen LogP contribution < -0.4 is 5.43 Å². The Hall–Kier alpha value is -2.42. The van der Waals surface area contributed by atoms with Crippen molar-refractivity contribution in [2.75, 3.05) is 0 Å².